The second kappa shape index (κ2) is 7.35. The summed E-state index contributed by atoms with van der Waals surface area (Å²) in [6.07, 6.45) is 0. The van der Waals surface area contributed by atoms with Crippen molar-refractivity contribution in [2.75, 3.05) is 18.5 Å². The van der Waals surface area contributed by atoms with E-state index in [1.165, 1.54) is 0 Å². The fourth-order valence-corrected chi connectivity index (χ4v) is 2.31. The van der Waals surface area contributed by atoms with Crippen molar-refractivity contribution in [2.24, 2.45) is 11.3 Å². The highest BCUT2D eigenvalue weighted by molar-refractivity contribution is 5.87. The smallest absolute Gasteiger partial charge is 0.326 e. The Balaban J connectivity index is 2.78. The average Bonchev–Trinajstić information content (AvgIpc) is 2.43. The number of nitrogens with one attached hydrogen (secondary N) is 1. The van der Waals surface area contributed by atoms with Crippen LogP contribution in [0.25, 0.3) is 0 Å². The van der Waals surface area contributed by atoms with Crippen LogP contribution in [0.1, 0.15) is 27.7 Å². The Labute approximate surface area is 137 Å². The second-order valence-corrected chi connectivity index (χ2v) is 6.79. The molecule has 1 amide bonds. The first-order valence-corrected chi connectivity index (χ1v) is 7.58. The maximum absolute atomic E-state index is 12.5. The van der Waals surface area contributed by atoms with Gasteiger partial charge in [0.2, 0.25) is 5.91 Å². The number of aromatic hydroxyl groups is 1. The van der Waals surface area contributed by atoms with Gasteiger partial charge in [0.25, 0.3) is 0 Å². The third kappa shape index (κ3) is 5.16. The topological polar surface area (TPSA) is 89.9 Å². The van der Waals surface area contributed by atoms with Crippen molar-refractivity contribution >= 4 is 17.6 Å². The van der Waals surface area contributed by atoms with Crippen LogP contribution in [0, 0.1) is 11.3 Å². The molecular weight excluding hydrogens is 296 g/mol. The first-order valence-electron chi connectivity index (χ1n) is 7.58. The Kier molecular flexibility index (Phi) is 6.01. The molecule has 1 atom stereocenters. The molecule has 0 bridgehead atoms. The standard InChI is InChI=1S/C17H26N2O4/c1-11(2)14(15(21)22)18-16(23)17(3,4)10-19(5)12-6-8-13(20)9-7-12/h6-9,11,14,20H,10H2,1-5H3,(H,18,23)(H,21,22). The van der Waals surface area contributed by atoms with Crippen LogP contribution in [0.3, 0.4) is 0 Å². The number of carbonyl (C=O) groups excluding carboxylic acids is 1. The van der Waals surface area contributed by atoms with Gasteiger partial charge >= 0.3 is 5.97 Å². The predicted molar refractivity (Wildman–Crippen MR) is 89.6 cm³/mol. The van der Waals surface area contributed by atoms with E-state index in [2.05, 4.69) is 5.32 Å². The van der Waals surface area contributed by atoms with Crippen molar-refractivity contribution in [1.29, 1.82) is 0 Å². The molecule has 1 aromatic carbocycles. The Morgan fingerprint density at radius 1 is 1.22 bits per heavy atom. The van der Waals surface area contributed by atoms with Gasteiger partial charge in [-0.1, -0.05) is 13.8 Å². The average molecular weight is 322 g/mol. The normalized spacial score (nSPS) is 12.8. The van der Waals surface area contributed by atoms with E-state index >= 15 is 0 Å². The number of rotatable bonds is 7. The summed E-state index contributed by atoms with van der Waals surface area (Å²) in [5, 5.41) is 21.1. The van der Waals surface area contributed by atoms with Gasteiger partial charge in [0.05, 0.1) is 5.41 Å². The van der Waals surface area contributed by atoms with E-state index in [1.807, 2.05) is 11.9 Å². The number of phenols is 1. The number of nitrogens with zero attached hydrogens (tertiary/aromatic N) is 1. The molecule has 0 spiro atoms. The molecule has 0 aromatic heterocycles. The van der Waals surface area contributed by atoms with Crippen LogP contribution in [-0.2, 0) is 9.59 Å². The lowest BCUT2D eigenvalue weighted by Crippen LogP contribution is -2.51. The van der Waals surface area contributed by atoms with Crippen LogP contribution < -0.4 is 10.2 Å². The fourth-order valence-electron chi connectivity index (χ4n) is 2.31. The monoisotopic (exact) mass is 322 g/mol. The molecule has 6 nitrogen and oxygen atoms in total. The Morgan fingerprint density at radius 2 is 1.74 bits per heavy atom. The van der Waals surface area contributed by atoms with Crippen LogP contribution in [0.5, 0.6) is 5.75 Å². The van der Waals surface area contributed by atoms with Crippen LogP contribution in [0.2, 0.25) is 0 Å². The van der Waals surface area contributed by atoms with Crippen LogP contribution >= 0.6 is 0 Å². The number of hydrogen-bond acceptors (Lipinski definition) is 4. The summed E-state index contributed by atoms with van der Waals surface area (Å²) in [5.41, 5.74) is 0.0946. The molecule has 0 saturated heterocycles. The quantitative estimate of drug-likeness (QED) is 0.715. The summed E-state index contributed by atoms with van der Waals surface area (Å²) in [4.78, 5) is 25.6. The molecule has 1 unspecified atom stereocenters. The number of amides is 1. The summed E-state index contributed by atoms with van der Waals surface area (Å²) in [6.45, 7) is 7.48. The summed E-state index contributed by atoms with van der Waals surface area (Å²) >= 11 is 0. The van der Waals surface area contributed by atoms with E-state index in [4.69, 9.17) is 0 Å². The van der Waals surface area contributed by atoms with E-state index in [1.54, 1.807) is 52.0 Å². The number of anilines is 1. The minimum atomic E-state index is -1.03. The van der Waals surface area contributed by atoms with Crippen molar-refractivity contribution in [1.82, 2.24) is 5.32 Å². The minimum absolute atomic E-state index is 0.181. The molecule has 0 aliphatic carbocycles. The highest BCUT2D eigenvalue weighted by Crippen LogP contribution is 2.23. The molecule has 128 valence electrons. The number of hydrogen-bond donors (Lipinski definition) is 3. The first kappa shape index (κ1) is 18.8. The number of carboxylic acids is 1. The lowest BCUT2D eigenvalue weighted by atomic mass is 9.90. The third-order valence-electron chi connectivity index (χ3n) is 3.76. The number of benzene rings is 1. The molecule has 1 rings (SSSR count). The van der Waals surface area contributed by atoms with Crippen molar-refractivity contribution in [3.63, 3.8) is 0 Å². The second-order valence-electron chi connectivity index (χ2n) is 6.79. The van der Waals surface area contributed by atoms with Crippen LogP contribution in [0.15, 0.2) is 24.3 Å². The minimum Gasteiger partial charge on any atom is -0.508 e. The lowest BCUT2D eigenvalue weighted by molar-refractivity contribution is -0.144. The van der Waals surface area contributed by atoms with E-state index in [-0.39, 0.29) is 17.6 Å². The SMILES string of the molecule is CC(C)C(NC(=O)C(C)(C)CN(C)c1ccc(O)cc1)C(=O)O. The molecule has 0 heterocycles. The molecule has 3 N–H and O–H groups in total. The van der Waals surface area contributed by atoms with Crippen LogP contribution in [0.4, 0.5) is 5.69 Å². The van der Waals surface area contributed by atoms with Gasteiger partial charge < -0.3 is 20.4 Å². The van der Waals surface area contributed by atoms with E-state index < -0.39 is 17.4 Å². The zero-order valence-corrected chi connectivity index (χ0v) is 14.3. The fraction of sp³-hybridized carbons (Fsp3) is 0.529. The lowest BCUT2D eigenvalue weighted by Gasteiger charge is -2.32. The van der Waals surface area contributed by atoms with Gasteiger partial charge in [0, 0.05) is 19.3 Å². The first-order chi connectivity index (χ1) is 10.5. The summed E-state index contributed by atoms with van der Waals surface area (Å²) in [6, 6.07) is 5.78. The summed E-state index contributed by atoms with van der Waals surface area (Å²) in [5.74, 6) is -1.34. The number of carbonyl (C=O) groups is 2. The molecular formula is C17H26N2O4. The molecule has 23 heavy (non-hydrogen) atoms. The maximum atomic E-state index is 12.5. The van der Waals surface area contributed by atoms with Crippen molar-refractivity contribution in [3.05, 3.63) is 24.3 Å². The molecule has 0 saturated carbocycles. The zero-order valence-electron chi connectivity index (χ0n) is 14.3. The van der Waals surface area contributed by atoms with Crippen LogP contribution in [-0.4, -0.2) is 41.7 Å². The largest absolute Gasteiger partial charge is 0.508 e. The van der Waals surface area contributed by atoms with Gasteiger partial charge in [-0.2, -0.15) is 0 Å². The van der Waals surface area contributed by atoms with Gasteiger partial charge in [0.15, 0.2) is 0 Å². The van der Waals surface area contributed by atoms with Gasteiger partial charge in [-0.25, -0.2) is 4.79 Å². The molecule has 0 fully saturated rings. The number of carboxylic acid groups (broad SMARTS) is 1. The Morgan fingerprint density at radius 3 is 2.17 bits per heavy atom. The molecule has 0 aliphatic rings. The predicted octanol–water partition coefficient (Wildman–Crippen LogP) is 2.08. The van der Waals surface area contributed by atoms with E-state index in [9.17, 15) is 19.8 Å². The summed E-state index contributed by atoms with van der Waals surface area (Å²) in [7, 11) is 1.85. The number of phenolic OH excluding ortho intramolecular Hbond substituents is 1. The van der Waals surface area contributed by atoms with Gasteiger partial charge in [-0.15, -0.1) is 0 Å². The van der Waals surface area contributed by atoms with Crippen molar-refractivity contribution in [3.8, 4) is 5.75 Å². The molecule has 1 aromatic rings. The summed E-state index contributed by atoms with van der Waals surface area (Å²) < 4.78 is 0. The van der Waals surface area contributed by atoms with Gasteiger partial charge in [-0.3, -0.25) is 4.79 Å². The third-order valence-corrected chi connectivity index (χ3v) is 3.76. The van der Waals surface area contributed by atoms with E-state index in [0.29, 0.717) is 6.54 Å². The highest BCUT2D eigenvalue weighted by atomic mass is 16.4. The van der Waals surface area contributed by atoms with Crippen molar-refractivity contribution < 1.29 is 19.8 Å². The molecule has 6 heteroatoms. The van der Waals surface area contributed by atoms with Gasteiger partial charge in [-0.05, 0) is 44.0 Å². The zero-order chi connectivity index (χ0) is 17.8. The molecule has 0 radical (unpaired) electrons. The Hall–Kier alpha value is -2.24. The molecule has 0 aliphatic heterocycles. The van der Waals surface area contributed by atoms with Crippen molar-refractivity contribution in [2.45, 2.75) is 33.7 Å². The highest BCUT2D eigenvalue weighted by Gasteiger charge is 2.33. The van der Waals surface area contributed by atoms with E-state index in [0.717, 1.165) is 5.69 Å². The Bertz CT molecular complexity index is 552. The van der Waals surface area contributed by atoms with Gasteiger partial charge in [0.1, 0.15) is 11.8 Å². The number of aliphatic carboxylic acids is 1. The maximum Gasteiger partial charge on any atom is 0.326 e.